The van der Waals surface area contributed by atoms with Crippen molar-refractivity contribution in [2.75, 3.05) is 11.9 Å². The van der Waals surface area contributed by atoms with Crippen LogP contribution >= 0.6 is 0 Å². The highest BCUT2D eigenvalue weighted by Crippen LogP contribution is 2.39. The maximum atomic E-state index is 13.3. The molecule has 6 heteroatoms. The van der Waals surface area contributed by atoms with Gasteiger partial charge in [0.05, 0.1) is 12.1 Å². The Morgan fingerprint density at radius 3 is 2.70 bits per heavy atom. The van der Waals surface area contributed by atoms with Crippen molar-refractivity contribution in [3.63, 3.8) is 0 Å². The van der Waals surface area contributed by atoms with Gasteiger partial charge in [0, 0.05) is 20.0 Å². The fourth-order valence-electron chi connectivity index (χ4n) is 4.72. The average molecular weight is 363 g/mol. The lowest BCUT2D eigenvalue weighted by molar-refractivity contribution is 0.0854. The number of benzene rings is 1. The summed E-state index contributed by atoms with van der Waals surface area (Å²) in [5.41, 5.74) is 1.89. The first-order chi connectivity index (χ1) is 13.2. The third-order valence-electron chi connectivity index (χ3n) is 6.09. The maximum Gasteiger partial charge on any atom is 0.280 e. The molecule has 5 rings (SSSR count). The van der Waals surface area contributed by atoms with E-state index in [9.17, 15) is 4.79 Å². The highest BCUT2D eigenvalue weighted by Gasteiger charge is 2.48. The Balaban J connectivity index is 1.64. The van der Waals surface area contributed by atoms with Crippen molar-refractivity contribution in [3.05, 3.63) is 47.4 Å². The van der Waals surface area contributed by atoms with E-state index in [1.165, 1.54) is 18.4 Å². The van der Waals surface area contributed by atoms with Crippen molar-refractivity contribution >= 4 is 17.7 Å². The highest BCUT2D eigenvalue weighted by atomic mass is 16.2. The smallest absolute Gasteiger partial charge is 0.280 e. The minimum atomic E-state index is 0.00165. The van der Waals surface area contributed by atoms with Crippen LogP contribution in [0.25, 0.3) is 0 Å². The molecule has 140 valence electrons. The second-order valence-corrected chi connectivity index (χ2v) is 7.71. The summed E-state index contributed by atoms with van der Waals surface area (Å²) in [5, 5.41) is 0. The summed E-state index contributed by atoms with van der Waals surface area (Å²) in [4.78, 5) is 27.1. The molecule has 1 fully saturated rings. The van der Waals surface area contributed by atoms with E-state index in [0.717, 1.165) is 36.9 Å². The van der Waals surface area contributed by atoms with Crippen molar-refractivity contribution in [2.24, 2.45) is 4.99 Å². The normalized spacial score (nSPS) is 23.8. The van der Waals surface area contributed by atoms with E-state index < -0.39 is 0 Å². The Hall–Kier alpha value is -2.63. The number of hydrogen-bond acceptors (Lipinski definition) is 4. The van der Waals surface area contributed by atoms with E-state index in [4.69, 9.17) is 9.98 Å². The van der Waals surface area contributed by atoms with E-state index >= 15 is 0 Å². The Kier molecular flexibility index (Phi) is 3.81. The van der Waals surface area contributed by atoms with Gasteiger partial charge in [0.25, 0.3) is 5.91 Å². The largest absolute Gasteiger partial charge is 0.318 e. The SMILES string of the molecule is CCc1nc2c(n1Cc1ccccc1)C(=O)N(C)C1=N[C@H]3CCCC[C@H]3N12. The number of nitrogens with zero attached hydrogens (tertiary/aromatic N) is 5. The first-order valence-electron chi connectivity index (χ1n) is 9.97. The molecule has 0 N–H and O–H groups in total. The molecule has 2 aliphatic heterocycles. The number of guanidine groups is 1. The number of carbonyl (C=O) groups excluding carboxylic acids is 1. The fraction of sp³-hybridized carbons (Fsp3) is 0.476. The molecule has 1 saturated carbocycles. The third kappa shape index (κ3) is 2.42. The molecule has 0 saturated heterocycles. The summed E-state index contributed by atoms with van der Waals surface area (Å²) in [6, 6.07) is 10.9. The molecule has 2 aromatic rings. The Morgan fingerprint density at radius 2 is 1.93 bits per heavy atom. The quantitative estimate of drug-likeness (QED) is 0.842. The Bertz CT molecular complexity index is 916. The molecular weight excluding hydrogens is 338 g/mol. The van der Waals surface area contributed by atoms with Crippen molar-refractivity contribution in [2.45, 2.75) is 57.7 Å². The van der Waals surface area contributed by atoms with Crippen LogP contribution in [0.4, 0.5) is 5.82 Å². The van der Waals surface area contributed by atoms with Crippen LogP contribution in [-0.4, -0.2) is 45.4 Å². The average Bonchev–Trinajstić information content (AvgIpc) is 3.25. The van der Waals surface area contributed by atoms with E-state index in [1.807, 2.05) is 25.2 Å². The number of anilines is 1. The minimum absolute atomic E-state index is 0.00165. The second kappa shape index (κ2) is 6.22. The van der Waals surface area contributed by atoms with Crippen LogP contribution in [0, 0.1) is 0 Å². The fourth-order valence-corrected chi connectivity index (χ4v) is 4.72. The van der Waals surface area contributed by atoms with Gasteiger partial charge in [-0.15, -0.1) is 0 Å². The Labute approximate surface area is 159 Å². The van der Waals surface area contributed by atoms with Crippen molar-refractivity contribution in [1.82, 2.24) is 14.5 Å². The molecule has 1 aromatic carbocycles. The van der Waals surface area contributed by atoms with Gasteiger partial charge >= 0.3 is 0 Å². The lowest BCUT2D eigenvalue weighted by Crippen LogP contribution is -2.52. The van der Waals surface area contributed by atoms with Crippen LogP contribution in [0.2, 0.25) is 0 Å². The first-order valence-corrected chi connectivity index (χ1v) is 9.97. The topological polar surface area (TPSA) is 53.7 Å². The van der Waals surface area contributed by atoms with Gasteiger partial charge < -0.3 is 4.57 Å². The molecule has 0 bridgehead atoms. The zero-order chi connectivity index (χ0) is 18.5. The molecule has 3 aliphatic rings. The molecule has 27 heavy (non-hydrogen) atoms. The van der Waals surface area contributed by atoms with E-state index in [1.54, 1.807) is 4.90 Å². The summed E-state index contributed by atoms with van der Waals surface area (Å²) < 4.78 is 2.11. The number of aliphatic imine (C=N–C) groups is 1. The Morgan fingerprint density at radius 1 is 1.15 bits per heavy atom. The van der Waals surface area contributed by atoms with Gasteiger partial charge in [-0.1, -0.05) is 50.1 Å². The molecule has 3 heterocycles. The van der Waals surface area contributed by atoms with Gasteiger partial charge in [-0.2, -0.15) is 0 Å². The number of imidazole rings is 1. The number of aryl methyl sites for hydroxylation is 1. The van der Waals surface area contributed by atoms with Gasteiger partial charge in [0.2, 0.25) is 5.96 Å². The second-order valence-electron chi connectivity index (χ2n) is 7.71. The van der Waals surface area contributed by atoms with Crippen LogP contribution in [0.5, 0.6) is 0 Å². The highest BCUT2D eigenvalue weighted by molar-refractivity contribution is 6.18. The summed E-state index contributed by atoms with van der Waals surface area (Å²) in [5.74, 6) is 2.57. The van der Waals surface area contributed by atoms with Gasteiger partial charge in [-0.25, -0.2) is 9.98 Å². The molecule has 0 unspecified atom stereocenters. The van der Waals surface area contributed by atoms with E-state index in [-0.39, 0.29) is 5.91 Å². The van der Waals surface area contributed by atoms with Crippen molar-refractivity contribution < 1.29 is 4.79 Å². The lowest BCUT2D eigenvalue weighted by atomic mass is 9.90. The molecule has 0 spiro atoms. The molecule has 1 aromatic heterocycles. The number of aromatic nitrogens is 2. The van der Waals surface area contributed by atoms with Crippen LogP contribution in [-0.2, 0) is 13.0 Å². The van der Waals surface area contributed by atoms with Crippen LogP contribution in [0.1, 0.15) is 54.5 Å². The minimum Gasteiger partial charge on any atom is -0.318 e. The van der Waals surface area contributed by atoms with Crippen molar-refractivity contribution in [3.8, 4) is 0 Å². The molecule has 1 amide bonds. The molecular formula is C21H25N5O. The van der Waals surface area contributed by atoms with E-state index in [2.05, 4.69) is 28.5 Å². The predicted octanol–water partition coefficient (Wildman–Crippen LogP) is 3.07. The van der Waals surface area contributed by atoms with Gasteiger partial charge in [0.15, 0.2) is 11.5 Å². The monoisotopic (exact) mass is 363 g/mol. The number of amides is 1. The standard InChI is InChI=1S/C21H25N5O/c1-3-17-23-19-18(25(17)13-14-9-5-4-6-10-14)20(27)24(2)21-22-15-11-7-8-12-16(15)26(19)21/h4-6,9-10,15-16H,3,7-8,11-13H2,1-2H3/t15-,16+/m0/s1. The molecule has 2 atom stereocenters. The molecule has 6 nitrogen and oxygen atoms in total. The summed E-state index contributed by atoms with van der Waals surface area (Å²) in [7, 11) is 1.85. The maximum absolute atomic E-state index is 13.3. The lowest BCUT2D eigenvalue weighted by Gasteiger charge is -2.36. The third-order valence-corrected chi connectivity index (χ3v) is 6.09. The van der Waals surface area contributed by atoms with Crippen LogP contribution in [0.3, 0.4) is 0 Å². The summed E-state index contributed by atoms with van der Waals surface area (Å²) >= 11 is 0. The van der Waals surface area contributed by atoms with Crippen molar-refractivity contribution in [1.29, 1.82) is 0 Å². The number of hydrogen-bond donors (Lipinski definition) is 0. The van der Waals surface area contributed by atoms with Crippen LogP contribution < -0.4 is 4.90 Å². The predicted molar refractivity (Wildman–Crippen MR) is 105 cm³/mol. The van der Waals surface area contributed by atoms with Gasteiger partial charge in [0.1, 0.15) is 5.82 Å². The summed E-state index contributed by atoms with van der Waals surface area (Å²) in [6.45, 7) is 2.77. The summed E-state index contributed by atoms with van der Waals surface area (Å²) in [6.07, 6.45) is 5.46. The number of fused-ring (bicyclic) bond motifs is 5. The molecule has 0 radical (unpaired) electrons. The van der Waals surface area contributed by atoms with Gasteiger partial charge in [-0.3, -0.25) is 14.6 Å². The van der Waals surface area contributed by atoms with Crippen LogP contribution in [0.15, 0.2) is 35.3 Å². The van der Waals surface area contributed by atoms with Gasteiger partial charge in [-0.05, 0) is 18.4 Å². The zero-order valence-corrected chi connectivity index (χ0v) is 15.9. The number of carbonyl (C=O) groups is 1. The zero-order valence-electron chi connectivity index (χ0n) is 15.9. The first kappa shape index (κ1) is 16.5. The number of rotatable bonds is 3. The van der Waals surface area contributed by atoms with E-state index in [0.29, 0.717) is 24.3 Å². The molecule has 1 aliphatic carbocycles.